The van der Waals surface area contributed by atoms with E-state index >= 15 is 0 Å². The largest absolute Gasteiger partial charge is 0.347 e. The van der Waals surface area contributed by atoms with E-state index in [-0.39, 0.29) is 0 Å². The average molecular weight is 477 g/mol. The second-order valence-corrected chi connectivity index (χ2v) is 9.55. The summed E-state index contributed by atoms with van der Waals surface area (Å²) in [4.78, 5) is 7.54. The minimum absolute atomic E-state index is 0.805. The molecule has 0 atom stereocenters. The van der Waals surface area contributed by atoms with E-state index in [0.717, 1.165) is 69.7 Å². The SMILES string of the molecule is C=NN(C)C(=C)/C(=N\CCCCCC)N(CC1=CC=C(CC)CC1)Cc1ccc(CC)cc1CC. The van der Waals surface area contributed by atoms with Gasteiger partial charge in [0, 0.05) is 33.4 Å². The number of benzene rings is 1. The molecule has 1 aliphatic carbocycles. The summed E-state index contributed by atoms with van der Waals surface area (Å²) in [6.45, 7) is 19.5. The van der Waals surface area contributed by atoms with E-state index in [1.54, 1.807) is 5.01 Å². The van der Waals surface area contributed by atoms with E-state index in [4.69, 9.17) is 4.99 Å². The van der Waals surface area contributed by atoms with E-state index in [9.17, 15) is 0 Å². The second kappa shape index (κ2) is 15.4. The average Bonchev–Trinajstić information content (AvgIpc) is 2.90. The van der Waals surface area contributed by atoms with Crippen LogP contribution in [-0.4, -0.2) is 42.6 Å². The van der Waals surface area contributed by atoms with Crippen LogP contribution in [0.5, 0.6) is 0 Å². The zero-order valence-corrected chi connectivity index (χ0v) is 23.1. The Kier molecular flexibility index (Phi) is 12.6. The highest BCUT2D eigenvalue weighted by atomic mass is 15.4. The first-order valence-corrected chi connectivity index (χ1v) is 13.6. The Morgan fingerprint density at radius 2 is 1.63 bits per heavy atom. The van der Waals surface area contributed by atoms with Crippen molar-refractivity contribution in [2.24, 2.45) is 10.1 Å². The fourth-order valence-corrected chi connectivity index (χ4v) is 4.52. The molecule has 1 aromatic carbocycles. The van der Waals surface area contributed by atoms with Crippen molar-refractivity contribution < 1.29 is 0 Å². The number of nitrogens with zero attached hydrogens (tertiary/aromatic N) is 4. The summed E-state index contributed by atoms with van der Waals surface area (Å²) in [5.74, 6) is 0.934. The molecule has 0 radical (unpaired) electrons. The molecule has 0 amide bonds. The van der Waals surface area contributed by atoms with Crippen molar-refractivity contribution in [1.82, 2.24) is 9.91 Å². The Balaban J connectivity index is 2.43. The van der Waals surface area contributed by atoms with Gasteiger partial charge in [-0.15, -0.1) is 0 Å². The Morgan fingerprint density at radius 3 is 2.23 bits per heavy atom. The number of hydrogen-bond acceptors (Lipinski definition) is 3. The van der Waals surface area contributed by atoms with Gasteiger partial charge in [-0.2, -0.15) is 5.10 Å². The molecule has 0 aromatic heterocycles. The summed E-state index contributed by atoms with van der Waals surface area (Å²) in [6.07, 6.45) is 14.9. The van der Waals surface area contributed by atoms with Crippen molar-refractivity contribution in [3.63, 3.8) is 0 Å². The molecule has 0 spiro atoms. The molecule has 0 aliphatic heterocycles. The van der Waals surface area contributed by atoms with Crippen molar-refractivity contribution in [3.05, 3.63) is 70.5 Å². The summed E-state index contributed by atoms with van der Waals surface area (Å²) in [5.41, 5.74) is 7.98. The van der Waals surface area contributed by atoms with Crippen molar-refractivity contribution in [2.75, 3.05) is 20.1 Å². The van der Waals surface area contributed by atoms with Crippen LogP contribution in [0.1, 0.15) is 89.3 Å². The number of aryl methyl sites for hydroxylation is 2. The number of amidine groups is 1. The van der Waals surface area contributed by atoms with Gasteiger partial charge < -0.3 is 4.90 Å². The summed E-state index contributed by atoms with van der Waals surface area (Å²) < 4.78 is 0. The molecular formula is C31H48N4. The van der Waals surface area contributed by atoms with Crippen molar-refractivity contribution in [2.45, 2.75) is 92.0 Å². The molecule has 0 saturated carbocycles. The van der Waals surface area contributed by atoms with Gasteiger partial charge in [0.05, 0.1) is 5.70 Å². The number of unbranched alkanes of at least 4 members (excludes halogenated alkanes) is 3. The molecule has 4 nitrogen and oxygen atoms in total. The first-order valence-electron chi connectivity index (χ1n) is 13.6. The predicted octanol–water partition coefficient (Wildman–Crippen LogP) is 7.71. The van der Waals surface area contributed by atoms with Crippen molar-refractivity contribution >= 4 is 12.6 Å². The first-order chi connectivity index (χ1) is 17.0. The lowest BCUT2D eigenvalue weighted by Gasteiger charge is -2.32. The maximum absolute atomic E-state index is 5.12. The van der Waals surface area contributed by atoms with E-state index in [1.807, 2.05) is 7.05 Å². The third-order valence-corrected chi connectivity index (χ3v) is 7.02. The van der Waals surface area contributed by atoms with Crippen LogP contribution in [0.3, 0.4) is 0 Å². The highest BCUT2D eigenvalue weighted by Crippen LogP contribution is 2.24. The van der Waals surface area contributed by atoms with Gasteiger partial charge in [-0.05, 0) is 55.2 Å². The number of likely N-dealkylation sites (N-methyl/N-ethyl adjacent to an activating group) is 1. The molecule has 0 fully saturated rings. The summed E-state index contributed by atoms with van der Waals surface area (Å²) in [7, 11) is 1.91. The lowest BCUT2D eigenvalue weighted by atomic mass is 9.96. The fraction of sp³-hybridized carbons (Fsp3) is 0.548. The number of hydrazone groups is 1. The highest BCUT2D eigenvalue weighted by molar-refractivity contribution is 5.97. The minimum atomic E-state index is 0.805. The van der Waals surface area contributed by atoms with E-state index in [0.29, 0.717) is 0 Å². The lowest BCUT2D eigenvalue weighted by Crippen LogP contribution is -2.37. The van der Waals surface area contributed by atoms with Crippen LogP contribution < -0.4 is 0 Å². The second-order valence-electron chi connectivity index (χ2n) is 9.55. The standard InChI is InChI=1S/C31H48N4/c1-8-12-13-14-21-33-31(25(5)34(7)32-6)35(23-28-17-15-26(9-2)16-18-28)24-30-20-19-27(10-3)22-29(30)11-4/h15,17,19-20,22H,5-6,8-14,16,18,21,23-24H2,1-4,7H3/b33-31+. The predicted molar refractivity (Wildman–Crippen MR) is 154 cm³/mol. The molecule has 0 bridgehead atoms. The Bertz CT molecular complexity index is 922. The quantitative estimate of drug-likeness (QED) is 0.112. The molecule has 192 valence electrons. The van der Waals surface area contributed by atoms with Gasteiger partial charge in [-0.3, -0.25) is 10.0 Å². The van der Waals surface area contributed by atoms with Crippen LogP contribution in [0.2, 0.25) is 0 Å². The molecule has 0 unspecified atom stereocenters. The first kappa shape index (κ1) is 28.6. The molecule has 2 rings (SSSR count). The van der Waals surface area contributed by atoms with E-state index < -0.39 is 0 Å². The summed E-state index contributed by atoms with van der Waals surface area (Å²) in [5, 5.41) is 5.89. The third-order valence-electron chi connectivity index (χ3n) is 7.02. The molecule has 1 aliphatic rings. The van der Waals surface area contributed by atoms with Gasteiger partial charge in [-0.1, -0.05) is 95.0 Å². The normalized spacial score (nSPS) is 13.8. The number of allylic oxidation sites excluding steroid dienone is 3. The van der Waals surface area contributed by atoms with Gasteiger partial charge in [-0.25, -0.2) is 0 Å². The summed E-state index contributed by atoms with van der Waals surface area (Å²) >= 11 is 0. The van der Waals surface area contributed by atoms with Crippen LogP contribution in [0, 0.1) is 0 Å². The Morgan fingerprint density at radius 1 is 0.886 bits per heavy atom. The zero-order chi connectivity index (χ0) is 25.6. The molecule has 4 heteroatoms. The van der Waals surface area contributed by atoms with Crippen LogP contribution in [0.15, 0.2) is 63.9 Å². The van der Waals surface area contributed by atoms with Gasteiger partial charge in [0.15, 0.2) is 0 Å². The highest BCUT2D eigenvalue weighted by Gasteiger charge is 2.21. The smallest absolute Gasteiger partial charge is 0.149 e. The fourth-order valence-electron chi connectivity index (χ4n) is 4.52. The maximum atomic E-state index is 5.12. The molecule has 1 aromatic rings. The van der Waals surface area contributed by atoms with Crippen molar-refractivity contribution in [1.29, 1.82) is 0 Å². The molecular weight excluding hydrogens is 428 g/mol. The van der Waals surface area contributed by atoms with E-state index in [1.165, 1.54) is 47.1 Å². The molecule has 35 heavy (non-hydrogen) atoms. The molecule has 0 saturated heterocycles. The Labute approximate surface area is 215 Å². The van der Waals surface area contributed by atoms with Crippen LogP contribution in [0.4, 0.5) is 0 Å². The van der Waals surface area contributed by atoms with Crippen LogP contribution >= 0.6 is 0 Å². The number of aliphatic imine (C=N–C) groups is 1. The van der Waals surface area contributed by atoms with Gasteiger partial charge in [0.25, 0.3) is 0 Å². The summed E-state index contributed by atoms with van der Waals surface area (Å²) in [6, 6.07) is 6.96. The van der Waals surface area contributed by atoms with Crippen LogP contribution in [0.25, 0.3) is 0 Å². The third kappa shape index (κ3) is 8.83. The number of hydrogen-bond donors (Lipinski definition) is 0. The maximum Gasteiger partial charge on any atom is 0.149 e. The van der Waals surface area contributed by atoms with Gasteiger partial charge >= 0.3 is 0 Å². The molecule has 0 N–H and O–H groups in total. The minimum Gasteiger partial charge on any atom is -0.347 e. The van der Waals surface area contributed by atoms with Crippen LogP contribution in [-0.2, 0) is 19.4 Å². The topological polar surface area (TPSA) is 31.2 Å². The van der Waals surface area contributed by atoms with Gasteiger partial charge in [0.1, 0.15) is 5.84 Å². The number of rotatable bonds is 15. The van der Waals surface area contributed by atoms with Crippen molar-refractivity contribution in [3.8, 4) is 0 Å². The van der Waals surface area contributed by atoms with E-state index in [2.05, 4.69) is 81.3 Å². The van der Waals surface area contributed by atoms with Gasteiger partial charge in [0.2, 0.25) is 0 Å². The lowest BCUT2D eigenvalue weighted by molar-refractivity contribution is 0.405. The molecule has 0 heterocycles. The zero-order valence-electron chi connectivity index (χ0n) is 23.1. The Hall–Kier alpha value is -2.62. The monoisotopic (exact) mass is 476 g/mol.